The molecule has 2 N–H and O–H groups in total. The number of rotatable bonds is 6. The smallest absolute Gasteiger partial charge is 0.115 e. The number of nitrogens with zero attached hydrogens (tertiary/aromatic N) is 2. The van der Waals surface area contributed by atoms with E-state index < -0.39 is 11.1 Å². The molecule has 0 bridgehead atoms. The Balaban J connectivity index is 3.37. The van der Waals surface area contributed by atoms with Crippen molar-refractivity contribution in [1.82, 2.24) is 9.96 Å². The van der Waals surface area contributed by atoms with E-state index >= 15 is 0 Å². The molecule has 3 atom stereocenters. The summed E-state index contributed by atoms with van der Waals surface area (Å²) in [6, 6.07) is 0. The van der Waals surface area contributed by atoms with Gasteiger partial charge in [0.2, 0.25) is 0 Å². The maximum Gasteiger partial charge on any atom is 0.115 e. The Morgan fingerprint density at radius 3 is 1.95 bits per heavy atom. The van der Waals surface area contributed by atoms with E-state index in [0.29, 0.717) is 25.8 Å². The predicted octanol–water partition coefficient (Wildman–Crippen LogP) is 1.14. The van der Waals surface area contributed by atoms with Crippen molar-refractivity contribution >= 4 is 0 Å². The van der Waals surface area contributed by atoms with E-state index in [0.717, 1.165) is 5.06 Å². The number of hydroxylamine groups is 2. The van der Waals surface area contributed by atoms with Crippen molar-refractivity contribution in [3.05, 3.63) is 0 Å². The molecule has 0 unspecified atom stereocenters. The number of aliphatic hydroxyl groups excluding tert-OH is 2. The Morgan fingerprint density at radius 2 is 1.59 bits per heavy atom. The van der Waals surface area contributed by atoms with Gasteiger partial charge < -0.3 is 10.2 Å². The molecule has 5 heteroatoms. The Bertz CT molecular complexity index is 408. The molecule has 1 heterocycles. The van der Waals surface area contributed by atoms with E-state index in [9.17, 15) is 15.4 Å². The summed E-state index contributed by atoms with van der Waals surface area (Å²) in [5.41, 5.74) is -1.56. The molecule has 1 aliphatic rings. The first-order chi connectivity index (χ1) is 10.4. The standard InChI is InChI=1S/C17H31N2O3/c1-6-16(7-2)14(12-20)15(13-21)17(8-3,19(16)22)10-9-11-18(4)5/h14-15,20-21H,6-8,11-13H2,1-5H3/t14-,15-,17-/m1/s1. The van der Waals surface area contributed by atoms with Crippen LogP contribution in [0.15, 0.2) is 0 Å². The van der Waals surface area contributed by atoms with Crippen LogP contribution >= 0.6 is 0 Å². The van der Waals surface area contributed by atoms with Gasteiger partial charge in [-0.15, -0.1) is 10.3 Å². The van der Waals surface area contributed by atoms with E-state index in [-0.39, 0.29) is 25.0 Å². The first-order valence-corrected chi connectivity index (χ1v) is 8.24. The highest BCUT2D eigenvalue weighted by atomic mass is 16.5. The normalized spacial score (nSPS) is 31.3. The van der Waals surface area contributed by atoms with Gasteiger partial charge in [0, 0.05) is 25.0 Å². The quantitative estimate of drug-likeness (QED) is 0.722. The second-order valence-electron chi connectivity index (χ2n) is 6.50. The van der Waals surface area contributed by atoms with Gasteiger partial charge in [-0.1, -0.05) is 32.6 Å². The Hall–Kier alpha value is -0.640. The third-order valence-corrected chi connectivity index (χ3v) is 5.41. The summed E-state index contributed by atoms with van der Waals surface area (Å²) >= 11 is 0. The van der Waals surface area contributed by atoms with Gasteiger partial charge in [0.15, 0.2) is 0 Å². The van der Waals surface area contributed by atoms with Crippen LogP contribution in [0, 0.1) is 23.7 Å². The zero-order valence-electron chi connectivity index (χ0n) is 14.6. The van der Waals surface area contributed by atoms with E-state index in [4.69, 9.17) is 0 Å². The predicted molar refractivity (Wildman–Crippen MR) is 86.3 cm³/mol. The number of hydrogen-bond donors (Lipinski definition) is 2. The highest BCUT2D eigenvalue weighted by Crippen LogP contribution is 2.52. The fourth-order valence-electron chi connectivity index (χ4n) is 4.03. The largest absolute Gasteiger partial charge is 0.396 e. The van der Waals surface area contributed by atoms with Crippen molar-refractivity contribution in [1.29, 1.82) is 0 Å². The summed E-state index contributed by atoms with van der Waals surface area (Å²) in [7, 11) is 3.86. The molecule has 0 spiro atoms. The minimum Gasteiger partial charge on any atom is -0.396 e. The molecular formula is C17H31N2O3. The van der Waals surface area contributed by atoms with Crippen LogP contribution in [-0.4, -0.2) is 65.1 Å². The molecule has 0 aromatic heterocycles. The van der Waals surface area contributed by atoms with Crippen LogP contribution in [-0.2, 0) is 5.21 Å². The SMILES string of the molecule is CCC1(CC)[C@H](CO)[C@@H](CO)[C@](C#CCN(C)C)(CC)N1[O]. The van der Waals surface area contributed by atoms with E-state index in [1.165, 1.54) is 0 Å². The first-order valence-electron chi connectivity index (χ1n) is 8.24. The molecule has 1 fully saturated rings. The van der Waals surface area contributed by atoms with Crippen LogP contribution in [0.1, 0.15) is 40.0 Å². The van der Waals surface area contributed by atoms with Gasteiger partial charge in [0.05, 0.1) is 12.1 Å². The molecule has 22 heavy (non-hydrogen) atoms. The summed E-state index contributed by atoms with van der Waals surface area (Å²) < 4.78 is 0. The van der Waals surface area contributed by atoms with Crippen molar-refractivity contribution in [3.63, 3.8) is 0 Å². The molecule has 1 saturated heterocycles. The van der Waals surface area contributed by atoms with Crippen molar-refractivity contribution in [2.24, 2.45) is 11.8 Å². The van der Waals surface area contributed by atoms with Crippen LogP contribution in [0.25, 0.3) is 0 Å². The van der Waals surface area contributed by atoms with Crippen molar-refractivity contribution in [2.75, 3.05) is 33.9 Å². The monoisotopic (exact) mass is 311 g/mol. The second kappa shape index (κ2) is 7.76. The lowest BCUT2D eigenvalue weighted by molar-refractivity contribution is -0.258. The first kappa shape index (κ1) is 19.4. The average molecular weight is 311 g/mol. The Kier molecular flexibility index (Phi) is 6.84. The lowest BCUT2D eigenvalue weighted by Gasteiger charge is -2.39. The molecule has 0 aromatic carbocycles. The third-order valence-electron chi connectivity index (χ3n) is 5.41. The van der Waals surface area contributed by atoms with Gasteiger partial charge in [-0.25, -0.2) is 0 Å². The summed E-state index contributed by atoms with van der Waals surface area (Å²) in [4.78, 5) is 1.95. The molecule has 1 rings (SSSR count). The lowest BCUT2D eigenvalue weighted by Crippen LogP contribution is -2.52. The van der Waals surface area contributed by atoms with Gasteiger partial charge >= 0.3 is 0 Å². The maximum absolute atomic E-state index is 13.2. The second-order valence-corrected chi connectivity index (χ2v) is 6.50. The lowest BCUT2D eigenvalue weighted by atomic mass is 9.73. The van der Waals surface area contributed by atoms with Crippen molar-refractivity contribution in [3.8, 4) is 11.8 Å². The van der Waals surface area contributed by atoms with Crippen molar-refractivity contribution < 1.29 is 15.4 Å². The van der Waals surface area contributed by atoms with Gasteiger partial charge in [0.1, 0.15) is 5.54 Å². The molecule has 1 aliphatic heterocycles. The summed E-state index contributed by atoms with van der Waals surface area (Å²) in [6.45, 7) is 6.24. The minimum absolute atomic E-state index is 0.0945. The zero-order valence-corrected chi connectivity index (χ0v) is 14.6. The maximum atomic E-state index is 13.2. The molecule has 1 radical (unpaired) electrons. The average Bonchev–Trinajstić information content (AvgIpc) is 2.72. The fourth-order valence-corrected chi connectivity index (χ4v) is 4.03. The van der Waals surface area contributed by atoms with Gasteiger partial charge in [0.25, 0.3) is 0 Å². The molecule has 0 aliphatic carbocycles. The topological polar surface area (TPSA) is 66.8 Å². The molecule has 0 saturated carbocycles. The summed E-state index contributed by atoms with van der Waals surface area (Å²) in [5.74, 6) is 5.67. The summed E-state index contributed by atoms with van der Waals surface area (Å²) in [6.07, 6.45) is 1.83. The highest BCUT2D eigenvalue weighted by molar-refractivity contribution is 5.27. The molecule has 127 valence electrons. The number of hydrogen-bond acceptors (Lipinski definition) is 4. The van der Waals surface area contributed by atoms with E-state index in [1.54, 1.807) is 0 Å². The molecule has 0 aromatic rings. The number of aliphatic hydroxyl groups is 2. The van der Waals surface area contributed by atoms with Crippen LogP contribution in [0.4, 0.5) is 0 Å². The minimum atomic E-state index is -0.913. The highest BCUT2D eigenvalue weighted by Gasteiger charge is 2.64. The zero-order chi connectivity index (χ0) is 17.0. The van der Waals surface area contributed by atoms with Gasteiger partial charge in [-0.2, -0.15) is 0 Å². The van der Waals surface area contributed by atoms with Gasteiger partial charge in [-0.05, 0) is 33.4 Å². The Labute approximate surface area is 134 Å². The van der Waals surface area contributed by atoms with Crippen LogP contribution < -0.4 is 0 Å². The Morgan fingerprint density at radius 1 is 1.05 bits per heavy atom. The van der Waals surface area contributed by atoms with Crippen LogP contribution in [0.5, 0.6) is 0 Å². The molecule has 5 nitrogen and oxygen atoms in total. The summed E-state index contributed by atoms with van der Waals surface area (Å²) in [5, 5.41) is 34.2. The molecular weight excluding hydrogens is 280 g/mol. The molecule has 0 amide bonds. The van der Waals surface area contributed by atoms with Crippen molar-refractivity contribution in [2.45, 2.75) is 51.1 Å². The fraction of sp³-hybridized carbons (Fsp3) is 0.882. The van der Waals surface area contributed by atoms with Crippen LogP contribution in [0.2, 0.25) is 0 Å². The van der Waals surface area contributed by atoms with E-state index in [2.05, 4.69) is 11.8 Å². The third kappa shape index (κ3) is 2.91. The van der Waals surface area contributed by atoms with Gasteiger partial charge in [-0.3, -0.25) is 4.90 Å². The van der Waals surface area contributed by atoms with Crippen LogP contribution in [0.3, 0.4) is 0 Å². The van der Waals surface area contributed by atoms with E-state index in [1.807, 2.05) is 39.8 Å².